The molecule has 0 aliphatic heterocycles. The van der Waals surface area contributed by atoms with Crippen LogP contribution in [-0.4, -0.2) is 19.9 Å². The zero-order valence-corrected chi connectivity index (χ0v) is 13.1. The summed E-state index contributed by atoms with van der Waals surface area (Å²) >= 11 is 0. The maximum absolute atomic E-state index is 10.7. The van der Waals surface area contributed by atoms with E-state index in [0.29, 0.717) is 23.0 Å². The molecule has 24 heavy (non-hydrogen) atoms. The summed E-state index contributed by atoms with van der Waals surface area (Å²) in [6.07, 6.45) is 1.62. The van der Waals surface area contributed by atoms with Crippen LogP contribution in [0.15, 0.2) is 48.7 Å². The van der Waals surface area contributed by atoms with Crippen LogP contribution in [0.1, 0.15) is 11.4 Å². The molecule has 0 N–H and O–H groups in total. The normalized spacial score (nSPS) is 10.4. The summed E-state index contributed by atoms with van der Waals surface area (Å²) in [5, 5.41) is 10.7. The Hall–Kier alpha value is -3.35. The number of hydrogen-bond donors (Lipinski definition) is 0. The van der Waals surface area contributed by atoms with Crippen molar-refractivity contribution >= 4 is 5.69 Å². The van der Waals surface area contributed by atoms with Crippen LogP contribution < -0.4 is 4.74 Å². The Bertz CT molecular complexity index is 877. The second-order valence-electron chi connectivity index (χ2n) is 5.21. The summed E-state index contributed by atoms with van der Waals surface area (Å²) in [5.41, 5.74) is 2.32. The van der Waals surface area contributed by atoms with Crippen LogP contribution in [-0.2, 0) is 0 Å². The molecule has 0 fully saturated rings. The second-order valence-corrected chi connectivity index (χ2v) is 5.21. The van der Waals surface area contributed by atoms with Gasteiger partial charge in [0.2, 0.25) is 5.88 Å². The maximum atomic E-state index is 10.7. The van der Waals surface area contributed by atoms with Crippen LogP contribution in [0.2, 0.25) is 0 Å². The third-order valence-electron chi connectivity index (χ3n) is 3.27. The number of benzene rings is 1. The minimum atomic E-state index is -0.445. The zero-order valence-electron chi connectivity index (χ0n) is 13.1. The van der Waals surface area contributed by atoms with Gasteiger partial charge in [-0.3, -0.25) is 15.1 Å². The molecule has 0 amide bonds. The molecule has 0 aliphatic carbocycles. The monoisotopic (exact) mass is 322 g/mol. The van der Waals surface area contributed by atoms with Crippen molar-refractivity contribution in [2.45, 2.75) is 13.8 Å². The summed E-state index contributed by atoms with van der Waals surface area (Å²) in [6.45, 7) is 3.72. The quantitative estimate of drug-likeness (QED) is 0.535. The van der Waals surface area contributed by atoms with Crippen molar-refractivity contribution in [1.29, 1.82) is 0 Å². The van der Waals surface area contributed by atoms with Gasteiger partial charge in [-0.05, 0) is 38.1 Å². The van der Waals surface area contributed by atoms with Gasteiger partial charge in [0.25, 0.3) is 5.69 Å². The third kappa shape index (κ3) is 3.52. The van der Waals surface area contributed by atoms with E-state index in [4.69, 9.17) is 4.74 Å². The van der Waals surface area contributed by atoms with Gasteiger partial charge in [0, 0.05) is 35.2 Å². The molecule has 7 nitrogen and oxygen atoms in total. The SMILES string of the molecule is Cc1ccc(Oc2cc(C)nc(-c3ccc([N+](=O)[O-])cc3)n2)cn1. The minimum absolute atomic E-state index is 0.0219. The molecule has 0 spiro atoms. The number of aromatic nitrogens is 3. The van der Waals surface area contributed by atoms with Crippen molar-refractivity contribution in [1.82, 2.24) is 15.0 Å². The smallest absolute Gasteiger partial charge is 0.269 e. The molecule has 2 aromatic heterocycles. The molecule has 2 heterocycles. The van der Waals surface area contributed by atoms with Crippen LogP contribution in [0, 0.1) is 24.0 Å². The molecule has 1 aromatic carbocycles. The van der Waals surface area contributed by atoms with E-state index in [0.717, 1.165) is 11.4 Å². The Labute approximate surface area is 138 Å². The Morgan fingerprint density at radius 3 is 2.38 bits per heavy atom. The Morgan fingerprint density at radius 1 is 1.00 bits per heavy atom. The zero-order chi connectivity index (χ0) is 17.1. The lowest BCUT2D eigenvalue weighted by molar-refractivity contribution is -0.384. The van der Waals surface area contributed by atoms with Crippen molar-refractivity contribution in [3.8, 4) is 23.0 Å². The highest BCUT2D eigenvalue weighted by atomic mass is 16.6. The van der Waals surface area contributed by atoms with Gasteiger partial charge in [-0.15, -0.1) is 0 Å². The molecule has 3 rings (SSSR count). The predicted molar refractivity (Wildman–Crippen MR) is 87.9 cm³/mol. The summed E-state index contributed by atoms with van der Waals surface area (Å²) in [7, 11) is 0. The van der Waals surface area contributed by atoms with E-state index < -0.39 is 4.92 Å². The number of pyridine rings is 1. The van der Waals surface area contributed by atoms with Crippen molar-refractivity contribution in [3.63, 3.8) is 0 Å². The first-order valence-corrected chi connectivity index (χ1v) is 7.22. The van der Waals surface area contributed by atoms with Crippen LogP contribution in [0.3, 0.4) is 0 Å². The highest BCUT2D eigenvalue weighted by molar-refractivity contribution is 5.58. The van der Waals surface area contributed by atoms with E-state index in [1.54, 1.807) is 24.4 Å². The number of non-ortho nitro benzene ring substituents is 1. The van der Waals surface area contributed by atoms with E-state index in [2.05, 4.69) is 15.0 Å². The fraction of sp³-hybridized carbons (Fsp3) is 0.118. The molecule has 120 valence electrons. The number of nitro groups is 1. The standard InChI is InChI=1S/C17H14N4O3/c1-11-3-8-15(10-18-11)24-16-9-12(2)19-17(20-16)13-4-6-14(7-5-13)21(22)23/h3-10H,1-2H3. The maximum Gasteiger partial charge on any atom is 0.269 e. The molecule has 0 aliphatic rings. The van der Waals surface area contributed by atoms with Crippen LogP contribution in [0.4, 0.5) is 5.69 Å². The average molecular weight is 322 g/mol. The Balaban J connectivity index is 1.90. The summed E-state index contributed by atoms with van der Waals surface area (Å²) in [5.74, 6) is 1.41. The summed E-state index contributed by atoms with van der Waals surface area (Å²) in [6, 6.07) is 11.5. The lowest BCUT2D eigenvalue weighted by Crippen LogP contribution is -1.96. The molecule has 0 radical (unpaired) electrons. The average Bonchev–Trinajstić information content (AvgIpc) is 2.56. The van der Waals surface area contributed by atoms with E-state index in [1.807, 2.05) is 26.0 Å². The number of nitrogens with zero attached hydrogens (tertiary/aromatic N) is 4. The van der Waals surface area contributed by atoms with Gasteiger partial charge in [0.15, 0.2) is 5.82 Å². The van der Waals surface area contributed by atoms with Crippen LogP contribution >= 0.6 is 0 Å². The van der Waals surface area contributed by atoms with Gasteiger partial charge < -0.3 is 4.74 Å². The predicted octanol–water partition coefficient (Wildman–Crippen LogP) is 3.86. The van der Waals surface area contributed by atoms with Gasteiger partial charge in [-0.1, -0.05) is 0 Å². The van der Waals surface area contributed by atoms with Crippen molar-refractivity contribution in [2.24, 2.45) is 0 Å². The molecule has 0 unspecified atom stereocenters. The van der Waals surface area contributed by atoms with Gasteiger partial charge >= 0.3 is 0 Å². The fourth-order valence-electron chi connectivity index (χ4n) is 2.09. The Kier molecular flexibility index (Phi) is 4.15. The third-order valence-corrected chi connectivity index (χ3v) is 3.27. The number of rotatable bonds is 4. The fourth-order valence-corrected chi connectivity index (χ4v) is 2.09. The number of nitro benzene ring substituents is 1. The van der Waals surface area contributed by atoms with Crippen LogP contribution in [0.25, 0.3) is 11.4 Å². The molecular weight excluding hydrogens is 308 g/mol. The number of hydrogen-bond acceptors (Lipinski definition) is 6. The lowest BCUT2D eigenvalue weighted by Gasteiger charge is -2.08. The van der Waals surface area contributed by atoms with E-state index in [9.17, 15) is 10.1 Å². The van der Waals surface area contributed by atoms with Gasteiger partial charge in [-0.2, -0.15) is 4.98 Å². The molecule has 7 heteroatoms. The molecule has 0 atom stereocenters. The largest absolute Gasteiger partial charge is 0.437 e. The van der Waals surface area contributed by atoms with Gasteiger partial charge in [0.1, 0.15) is 5.75 Å². The molecule has 0 saturated carbocycles. The first-order chi connectivity index (χ1) is 11.5. The number of ether oxygens (including phenoxy) is 1. The van der Waals surface area contributed by atoms with E-state index >= 15 is 0 Å². The topological polar surface area (TPSA) is 91.0 Å². The van der Waals surface area contributed by atoms with Crippen molar-refractivity contribution in [2.75, 3.05) is 0 Å². The summed E-state index contributed by atoms with van der Waals surface area (Å²) < 4.78 is 5.72. The molecule has 0 saturated heterocycles. The number of aryl methyl sites for hydroxylation is 2. The first-order valence-electron chi connectivity index (χ1n) is 7.22. The summed E-state index contributed by atoms with van der Waals surface area (Å²) in [4.78, 5) is 23.2. The minimum Gasteiger partial charge on any atom is -0.437 e. The molecule has 0 bridgehead atoms. The Morgan fingerprint density at radius 2 is 1.75 bits per heavy atom. The van der Waals surface area contributed by atoms with Crippen molar-refractivity contribution < 1.29 is 9.66 Å². The lowest BCUT2D eigenvalue weighted by atomic mass is 10.2. The molecule has 3 aromatic rings. The van der Waals surface area contributed by atoms with Gasteiger partial charge in [0.05, 0.1) is 11.1 Å². The van der Waals surface area contributed by atoms with E-state index in [1.165, 1.54) is 12.1 Å². The van der Waals surface area contributed by atoms with Gasteiger partial charge in [-0.25, -0.2) is 4.98 Å². The highest BCUT2D eigenvalue weighted by Gasteiger charge is 2.10. The van der Waals surface area contributed by atoms with E-state index in [-0.39, 0.29) is 5.69 Å². The molecular formula is C17H14N4O3. The van der Waals surface area contributed by atoms with Crippen molar-refractivity contribution in [3.05, 3.63) is 70.2 Å². The van der Waals surface area contributed by atoms with Crippen LogP contribution in [0.5, 0.6) is 11.6 Å². The highest BCUT2D eigenvalue weighted by Crippen LogP contribution is 2.24. The second kappa shape index (κ2) is 6.41. The first kappa shape index (κ1) is 15.5.